The van der Waals surface area contributed by atoms with Crippen LogP contribution in [0.3, 0.4) is 0 Å². The van der Waals surface area contributed by atoms with E-state index in [2.05, 4.69) is 10.6 Å². The van der Waals surface area contributed by atoms with Crippen molar-refractivity contribution in [3.05, 3.63) is 0 Å². The highest BCUT2D eigenvalue weighted by Crippen LogP contribution is 2.18. The second-order valence-corrected chi connectivity index (χ2v) is 3.92. The van der Waals surface area contributed by atoms with Crippen LogP contribution in [0, 0.1) is 0 Å². The van der Waals surface area contributed by atoms with E-state index < -0.39 is 17.5 Å². The van der Waals surface area contributed by atoms with Crippen LogP contribution in [0.25, 0.3) is 0 Å². The molecular weight excluding hydrogens is 228 g/mol. The van der Waals surface area contributed by atoms with Gasteiger partial charge < -0.3 is 25.2 Å². The van der Waals surface area contributed by atoms with E-state index in [-0.39, 0.29) is 13.0 Å². The second kappa shape index (κ2) is 6.41. The maximum Gasteiger partial charge on any atom is 0.332 e. The molecule has 0 bridgehead atoms. The Labute approximate surface area is 99.5 Å². The fourth-order valence-electron chi connectivity index (χ4n) is 1.57. The van der Waals surface area contributed by atoms with E-state index in [1.807, 2.05) is 0 Å². The molecule has 0 saturated carbocycles. The third-order valence-electron chi connectivity index (χ3n) is 2.59. The maximum absolute atomic E-state index is 11.5. The summed E-state index contributed by atoms with van der Waals surface area (Å²) in [6, 6.07) is -0.492. The normalized spacial score (nSPS) is 23.4. The fraction of sp³-hybridized carbons (Fsp3) is 0.800. The third-order valence-corrected chi connectivity index (χ3v) is 2.59. The summed E-state index contributed by atoms with van der Waals surface area (Å²) in [6.45, 7) is 1.34. The van der Waals surface area contributed by atoms with E-state index in [1.54, 1.807) is 7.11 Å². The largest absolute Gasteiger partial charge is 0.479 e. The first-order valence-corrected chi connectivity index (χ1v) is 5.47. The molecule has 1 atom stereocenters. The van der Waals surface area contributed by atoms with Crippen LogP contribution in [0.2, 0.25) is 0 Å². The monoisotopic (exact) mass is 246 g/mol. The van der Waals surface area contributed by atoms with Gasteiger partial charge in [0.25, 0.3) is 0 Å². The average molecular weight is 246 g/mol. The SMILES string of the molecule is COCCCNC(=O)NC1(C(=O)O)CCOC1. The number of methoxy groups -OCH3 is 1. The molecule has 3 N–H and O–H groups in total. The van der Waals surface area contributed by atoms with Crippen LogP contribution < -0.4 is 10.6 Å². The van der Waals surface area contributed by atoms with E-state index in [0.29, 0.717) is 26.2 Å². The minimum Gasteiger partial charge on any atom is -0.479 e. The highest BCUT2D eigenvalue weighted by Gasteiger charge is 2.43. The molecule has 2 amide bonds. The van der Waals surface area contributed by atoms with Crippen LogP contribution in [-0.4, -0.2) is 56.1 Å². The van der Waals surface area contributed by atoms with Crippen molar-refractivity contribution in [1.29, 1.82) is 0 Å². The Morgan fingerprint density at radius 1 is 1.53 bits per heavy atom. The number of rotatable bonds is 6. The summed E-state index contributed by atoms with van der Waals surface area (Å²) >= 11 is 0. The summed E-state index contributed by atoms with van der Waals surface area (Å²) in [5.41, 5.74) is -1.29. The van der Waals surface area contributed by atoms with Crippen LogP contribution >= 0.6 is 0 Å². The van der Waals surface area contributed by atoms with Crippen LogP contribution in [-0.2, 0) is 14.3 Å². The minimum atomic E-state index is -1.29. The van der Waals surface area contributed by atoms with Gasteiger partial charge in [-0.25, -0.2) is 9.59 Å². The highest BCUT2D eigenvalue weighted by molar-refractivity contribution is 5.86. The van der Waals surface area contributed by atoms with Crippen LogP contribution in [0.15, 0.2) is 0 Å². The number of hydrogen-bond donors (Lipinski definition) is 3. The highest BCUT2D eigenvalue weighted by atomic mass is 16.5. The van der Waals surface area contributed by atoms with E-state index in [9.17, 15) is 9.59 Å². The van der Waals surface area contributed by atoms with Crippen molar-refractivity contribution >= 4 is 12.0 Å². The van der Waals surface area contributed by atoms with Gasteiger partial charge in [0.05, 0.1) is 6.61 Å². The molecule has 0 aliphatic carbocycles. The molecule has 0 aromatic rings. The Balaban J connectivity index is 2.35. The van der Waals surface area contributed by atoms with E-state index in [0.717, 1.165) is 0 Å². The Kier molecular flexibility index (Phi) is 5.17. The molecule has 1 heterocycles. The molecule has 0 aromatic heterocycles. The van der Waals surface area contributed by atoms with Gasteiger partial charge in [-0.05, 0) is 6.42 Å². The predicted molar refractivity (Wildman–Crippen MR) is 58.8 cm³/mol. The minimum absolute atomic E-state index is 0.00776. The number of carbonyl (C=O) groups is 2. The van der Waals surface area contributed by atoms with Gasteiger partial charge in [0.1, 0.15) is 0 Å². The smallest absolute Gasteiger partial charge is 0.332 e. The summed E-state index contributed by atoms with van der Waals surface area (Å²) < 4.78 is 9.85. The molecule has 0 spiro atoms. The van der Waals surface area contributed by atoms with E-state index in [1.165, 1.54) is 0 Å². The lowest BCUT2D eigenvalue weighted by atomic mass is 9.99. The van der Waals surface area contributed by atoms with Gasteiger partial charge in [0.15, 0.2) is 5.54 Å². The zero-order valence-electron chi connectivity index (χ0n) is 9.82. The van der Waals surface area contributed by atoms with Crippen LogP contribution in [0.1, 0.15) is 12.8 Å². The number of carbonyl (C=O) groups excluding carboxylic acids is 1. The van der Waals surface area contributed by atoms with Crippen LogP contribution in [0.5, 0.6) is 0 Å². The molecule has 1 unspecified atom stereocenters. The van der Waals surface area contributed by atoms with E-state index >= 15 is 0 Å². The molecule has 1 aliphatic heterocycles. The first-order chi connectivity index (χ1) is 8.10. The molecule has 0 aromatic carbocycles. The maximum atomic E-state index is 11.5. The van der Waals surface area contributed by atoms with Gasteiger partial charge in [-0.2, -0.15) is 0 Å². The predicted octanol–water partition coefficient (Wildman–Crippen LogP) is -0.434. The molecule has 7 heteroatoms. The van der Waals surface area contributed by atoms with E-state index in [4.69, 9.17) is 14.6 Å². The van der Waals surface area contributed by atoms with Gasteiger partial charge >= 0.3 is 12.0 Å². The Bertz CT molecular complexity index is 276. The number of amides is 2. The van der Waals surface area contributed by atoms with Gasteiger partial charge in [-0.1, -0.05) is 0 Å². The quantitative estimate of drug-likeness (QED) is 0.552. The van der Waals surface area contributed by atoms with Gasteiger partial charge in [0.2, 0.25) is 0 Å². The average Bonchev–Trinajstić information content (AvgIpc) is 2.74. The lowest BCUT2D eigenvalue weighted by Crippen LogP contribution is -2.57. The molecule has 1 fully saturated rings. The Hall–Kier alpha value is -1.34. The van der Waals surface area contributed by atoms with Crippen molar-refractivity contribution in [2.45, 2.75) is 18.4 Å². The first-order valence-electron chi connectivity index (χ1n) is 5.47. The van der Waals surface area contributed by atoms with Gasteiger partial charge in [0, 0.05) is 33.3 Å². The number of carboxylic acid groups (broad SMARTS) is 1. The molecular formula is C10H18N2O5. The summed E-state index contributed by atoms with van der Waals surface area (Å²) in [4.78, 5) is 22.6. The summed E-state index contributed by atoms with van der Waals surface area (Å²) in [5.74, 6) is -1.07. The van der Waals surface area contributed by atoms with Gasteiger partial charge in [-0.3, -0.25) is 0 Å². The Morgan fingerprint density at radius 3 is 2.82 bits per heavy atom. The molecule has 0 radical (unpaired) electrons. The molecule has 98 valence electrons. The number of hydrogen-bond acceptors (Lipinski definition) is 4. The molecule has 1 rings (SSSR count). The number of carboxylic acids is 1. The fourth-order valence-corrected chi connectivity index (χ4v) is 1.57. The van der Waals surface area contributed by atoms with Gasteiger partial charge in [-0.15, -0.1) is 0 Å². The number of aliphatic carboxylic acids is 1. The van der Waals surface area contributed by atoms with Crippen molar-refractivity contribution in [2.75, 3.05) is 33.5 Å². The third kappa shape index (κ3) is 3.86. The lowest BCUT2D eigenvalue weighted by Gasteiger charge is -2.23. The zero-order valence-corrected chi connectivity index (χ0v) is 9.82. The van der Waals surface area contributed by atoms with Crippen molar-refractivity contribution < 1.29 is 24.2 Å². The lowest BCUT2D eigenvalue weighted by molar-refractivity contribution is -0.144. The number of ether oxygens (including phenoxy) is 2. The summed E-state index contributed by atoms with van der Waals surface area (Å²) in [6.07, 6.45) is 0.967. The Morgan fingerprint density at radius 2 is 2.29 bits per heavy atom. The summed E-state index contributed by atoms with van der Waals surface area (Å²) in [7, 11) is 1.58. The van der Waals surface area contributed by atoms with Crippen LogP contribution in [0.4, 0.5) is 4.79 Å². The number of urea groups is 1. The standard InChI is InChI=1S/C10H18N2O5/c1-16-5-2-4-11-9(15)12-10(8(13)14)3-6-17-7-10/h2-7H2,1H3,(H,13,14)(H2,11,12,15). The summed E-state index contributed by atoms with van der Waals surface area (Å²) in [5, 5.41) is 14.1. The van der Waals surface area contributed by atoms with Crippen molar-refractivity contribution in [3.63, 3.8) is 0 Å². The van der Waals surface area contributed by atoms with Crippen molar-refractivity contribution in [3.8, 4) is 0 Å². The molecule has 1 saturated heterocycles. The topological polar surface area (TPSA) is 96.9 Å². The zero-order chi connectivity index (χ0) is 12.7. The molecule has 7 nitrogen and oxygen atoms in total. The second-order valence-electron chi connectivity index (χ2n) is 3.92. The van der Waals surface area contributed by atoms with Crippen molar-refractivity contribution in [1.82, 2.24) is 10.6 Å². The first kappa shape index (κ1) is 13.7. The van der Waals surface area contributed by atoms with Crippen molar-refractivity contribution in [2.24, 2.45) is 0 Å². The molecule has 17 heavy (non-hydrogen) atoms. The molecule has 1 aliphatic rings. The number of nitrogens with one attached hydrogen (secondary N) is 2.